The van der Waals surface area contributed by atoms with Crippen LogP contribution in [0.4, 0.5) is 4.79 Å². The Morgan fingerprint density at radius 1 is 0.967 bits per heavy atom. The summed E-state index contributed by atoms with van der Waals surface area (Å²) in [5, 5.41) is 10.6. The number of carbonyl (C=O) groups is 4. The monoisotopic (exact) mass is 423 g/mol. The summed E-state index contributed by atoms with van der Waals surface area (Å²) in [6.45, 7) is 8.54. The number of carboxylic acid groups (broad SMARTS) is 1. The summed E-state index contributed by atoms with van der Waals surface area (Å²) in [4.78, 5) is 45.6. The van der Waals surface area contributed by atoms with Gasteiger partial charge >= 0.3 is 12.1 Å². The fourth-order valence-electron chi connectivity index (χ4n) is 2.92. The number of unbranched alkanes of at least 4 members (excludes halogenated alkanes) is 7. The average molecular weight is 424 g/mol. The number of aliphatic carboxylic acids is 1. The van der Waals surface area contributed by atoms with E-state index in [1.165, 1.54) is 6.92 Å². The third-order valence-corrected chi connectivity index (χ3v) is 4.98. The number of alkyl carbamates (subject to hydrolysis) is 1. The van der Waals surface area contributed by atoms with Crippen LogP contribution in [0.25, 0.3) is 0 Å². The number of ether oxygens (including phenoxy) is 1. The lowest BCUT2D eigenvalue weighted by molar-refractivity contribution is -0.135. The maximum atomic E-state index is 12.5. The van der Waals surface area contributed by atoms with Crippen molar-refractivity contribution < 1.29 is 29.0 Å². The molecule has 30 heavy (non-hydrogen) atoms. The van der Waals surface area contributed by atoms with Crippen molar-refractivity contribution in [3.05, 3.63) is 23.8 Å². The van der Waals surface area contributed by atoms with Gasteiger partial charge in [0.1, 0.15) is 6.54 Å². The van der Waals surface area contributed by atoms with E-state index in [2.05, 4.69) is 11.9 Å². The van der Waals surface area contributed by atoms with Gasteiger partial charge in [-0.1, -0.05) is 51.5 Å². The van der Waals surface area contributed by atoms with Crippen LogP contribution in [0.3, 0.4) is 0 Å². The number of hydrogen-bond donors (Lipinski definition) is 2. The van der Waals surface area contributed by atoms with Crippen molar-refractivity contribution in [3.8, 4) is 0 Å². The highest BCUT2D eigenvalue weighted by molar-refractivity contribution is 6.06. The Morgan fingerprint density at radius 2 is 1.50 bits per heavy atom. The first kappa shape index (κ1) is 27.6. The van der Waals surface area contributed by atoms with Crippen molar-refractivity contribution >= 4 is 23.6 Å². The van der Waals surface area contributed by atoms with Crippen LogP contribution in [0, 0.1) is 5.92 Å². The number of Topliss-reactive ketones (excluding diaryl/α,β-unsaturated/α-hetero) is 2. The molecule has 1 amide bonds. The molecule has 0 aliphatic rings. The Labute approximate surface area is 179 Å². The average Bonchev–Trinajstić information content (AvgIpc) is 2.71. The zero-order valence-electron chi connectivity index (χ0n) is 18.6. The molecule has 0 radical (unpaired) electrons. The Hall–Kier alpha value is -2.44. The second-order valence-electron chi connectivity index (χ2n) is 7.51. The number of allylic oxidation sites excluding steroid dienone is 3. The van der Waals surface area contributed by atoms with E-state index in [4.69, 9.17) is 9.84 Å². The van der Waals surface area contributed by atoms with E-state index in [0.717, 1.165) is 51.4 Å². The van der Waals surface area contributed by atoms with Crippen LogP contribution in [0.1, 0.15) is 78.6 Å². The number of hydrogen-bond acceptors (Lipinski definition) is 5. The summed E-state index contributed by atoms with van der Waals surface area (Å²) in [5.41, 5.74) is 1.20. The van der Waals surface area contributed by atoms with Gasteiger partial charge in [-0.2, -0.15) is 0 Å². The second-order valence-corrected chi connectivity index (χ2v) is 7.51. The van der Waals surface area contributed by atoms with Crippen molar-refractivity contribution in [1.29, 1.82) is 0 Å². The Bertz CT molecular complexity index is 623. The van der Waals surface area contributed by atoms with E-state index in [1.54, 1.807) is 19.9 Å². The van der Waals surface area contributed by atoms with Gasteiger partial charge in [0.15, 0.2) is 11.6 Å². The minimum atomic E-state index is -1.11. The summed E-state index contributed by atoms with van der Waals surface area (Å²) in [6, 6.07) is 0. The Morgan fingerprint density at radius 3 is 2.00 bits per heavy atom. The molecule has 0 rings (SSSR count). The molecule has 0 aromatic heterocycles. The van der Waals surface area contributed by atoms with Gasteiger partial charge in [-0.15, -0.1) is 6.58 Å². The molecule has 0 fully saturated rings. The van der Waals surface area contributed by atoms with Gasteiger partial charge in [-0.05, 0) is 38.7 Å². The highest BCUT2D eigenvalue weighted by Crippen LogP contribution is 2.20. The maximum absolute atomic E-state index is 12.5. The minimum Gasteiger partial charge on any atom is -0.480 e. The molecule has 0 aromatic carbocycles. The number of carboxylic acids is 1. The van der Waals surface area contributed by atoms with Crippen LogP contribution < -0.4 is 5.32 Å². The molecule has 0 heterocycles. The lowest BCUT2D eigenvalue weighted by Gasteiger charge is -2.13. The molecular formula is C23H37NO6. The predicted octanol–water partition coefficient (Wildman–Crippen LogP) is 4.60. The number of rotatable bonds is 17. The maximum Gasteiger partial charge on any atom is 0.407 e. The molecule has 2 N–H and O–H groups in total. The van der Waals surface area contributed by atoms with Crippen LogP contribution in [0.2, 0.25) is 0 Å². The lowest BCUT2D eigenvalue weighted by Crippen LogP contribution is -2.30. The van der Waals surface area contributed by atoms with Crippen molar-refractivity contribution in [1.82, 2.24) is 5.32 Å². The smallest absolute Gasteiger partial charge is 0.407 e. The van der Waals surface area contributed by atoms with Gasteiger partial charge < -0.3 is 15.2 Å². The first-order valence-electron chi connectivity index (χ1n) is 10.7. The molecule has 1 atom stereocenters. The van der Waals surface area contributed by atoms with E-state index < -0.39 is 18.6 Å². The molecule has 0 bridgehead atoms. The number of ketones is 2. The summed E-state index contributed by atoms with van der Waals surface area (Å²) in [5.74, 6) is -1.44. The van der Waals surface area contributed by atoms with Crippen LogP contribution in [0.5, 0.6) is 0 Å². The van der Waals surface area contributed by atoms with Gasteiger partial charge in [0.05, 0.1) is 6.61 Å². The molecule has 0 saturated heterocycles. The summed E-state index contributed by atoms with van der Waals surface area (Å²) in [6.07, 6.45) is 9.45. The van der Waals surface area contributed by atoms with Crippen molar-refractivity contribution in [3.63, 3.8) is 0 Å². The molecule has 7 heteroatoms. The number of nitrogens with one attached hydrogen (secondary N) is 1. The predicted molar refractivity (Wildman–Crippen MR) is 116 cm³/mol. The van der Waals surface area contributed by atoms with Crippen LogP contribution >= 0.6 is 0 Å². The first-order valence-corrected chi connectivity index (χ1v) is 10.7. The molecule has 0 aliphatic heterocycles. The molecule has 0 spiro atoms. The molecular weight excluding hydrogens is 386 g/mol. The van der Waals surface area contributed by atoms with Gasteiger partial charge in [-0.3, -0.25) is 14.4 Å². The van der Waals surface area contributed by atoms with Crippen molar-refractivity contribution in [2.45, 2.75) is 78.6 Å². The van der Waals surface area contributed by atoms with E-state index in [9.17, 15) is 19.2 Å². The second kappa shape index (κ2) is 16.4. The molecule has 170 valence electrons. The largest absolute Gasteiger partial charge is 0.480 e. The van der Waals surface area contributed by atoms with Gasteiger partial charge in [-0.25, -0.2) is 4.79 Å². The Kier molecular flexibility index (Phi) is 15.0. The van der Waals surface area contributed by atoms with Crippen LogP contribution in [0.15, 0.2) is 23.8 Å². The third-order valence-electron chi connectivity index (χ3n) is 4.98. The minimum absolute atomic E-state index is 0.00318. The zero-order valence-corrected chi connectivity index (χ0v) is 18.6. The van der Waals surface area contributed by atoms with Crippen LogP contribution in [-0.2, 0) is 19.1 Å². The van der Waals surface area contributed by atoms with Crippen LogP contribution in [-0.4, -0.2) is 41.9 Å². The summed E-state index contributed by atoms with van der Waals surface area (Å²) >= 11 is 0. The SMILES string of the molecule is C=CC(C)C(=O)/C(CCCCCCCCCCOC(=O)NCC(=O)O)=C(/C)C(C)=O. The van der Waals surface area contributed by atoms with E-state index in [0.29, 0.717) is 17.6 Å². The first-order chi connectivity index (χ1) is 14.2. The molecule has 0 saturated carbocycles. The zero-order chi connectivity index (χ0) is 22.9. The van der Waals surface area contributed by atoms with Gasteiger partial charge in [0.25, 0.3) is 0 Å². The quantitative estimate of drug-likeness (QED) is 0.201. The van der Waals surface area contributed by atoms with Crippen molar-refractivity contribution in [2.24, 2.45) is 5.92 Å². The molecule has 0 aliphatic carbocycles. The normalized spacial score (nSPS) is 12.5. The molecule has 1 unspecified atom stereocenters. The van der Waals surface area contributed by atoms with E-state index >= 15 is 0 Å². The summed E-state index contributed by atoms with van der Waals surface area (Å²) < 4.78 is 4.88. The molecule has 0 aromatic rings. The third kappa shape index (κ3) is 12.9. The highest BCUT2D eigenvalue weighted by Gasteiger charge is 2.18. The van der Waals surface area contributed by atoms with Crippen molar-refractivity contribution in [2.75, 3.05) is 13.2 Å². The van der Waals surface area contributed by atoms with Gasteiger partial charge in [0, 0.05) is 11.5 Å². The number of carbonyl (C=O) groups excluding carboxylic acids is 3. The van der Waals surface area contributed by atoms with E-state index in [-0.39, 0.29) is 24.1 Å². The fourth-order valence-corrected chi connectivity index (χ4v) is 2.92. The standard InChI is InChI=1S/C23H37NO6/c1-5-17(2)22(28)20(18(3)19(4)25)14-12-10-8-6-7-9-11-13-15-30-23(29)24-16-21(26)27/h5,17H,1,6-16H2,2-4H3,(H,24,29)(H,26,27)/b20-18-. The Balaban J connectivity index is 3.90. The highest BCUT2D eigenvalue weighted by atomic mass is 16.5. The fraction of sp³-hybridized carbons (Fsp3) is 0.652. The molecule has 7 nitrogen and oxygen atoms in total. The van der Waals surface area contributed by atoms with E-state index in [1.807, 2.05) is 0 Å². The number of amides is 1. The lowest BCUT2D eigenvalue weighted by atomic mass is 9.90. The topological polar surface area (TPSA) is 110 Å². The van der Waals surface area contributed by atoms with Gasteiger partial charge in [0.2, 0.25) is 0 Å². The summed E-state index contributed by atoms with van der Waals surface area (Å²) in [7, 11) is 0.